The van der Waals surface area contributed by atoms with E-state index >= 15 is 0 Å². The number of ether oxygens (including phenoxy) is 4. The fourth-order valence-corrected chi connectivity index (χ4v) is 3.27. The van der Waals surface area contributed by atoms with Crippen LogP contribution in [-0.2, 0) is 37.0 Å². The summed E-state index contributed by atoms with van der Waals surface area (Å²) >= 11 is 0. The Hall–Kier alpha value is -2.98. The van der Waals surface area contributed by atoms with E-state index in [4.69, 9.17) is 18.9 Å². The van der Waals surface area contributed by atoms with Gasteiger partial charge in [-0.25, -0.2) is 9.59 Å². The van der Waals surface area contributed by atoms with Gasteiger partial charge in [0.15, 0.2) is 6.04 Å². The fourth-order valence-electron chi connectivity index (χ4n) is 3.27. The molecule has 0 saturated carbocycles. The van der Waals surface area contributed by atoms with Gasteiger partial charge in [0.1, 0.15) is 17.8 Å². The number of nitrogens with one attached hydrogen (secondary N) is 1. The number of aliphatic hydroxyl groups excluding tert-OH is 1. The number of hydrogen-bond acceptors (Lipinski definition) is 7. The van der Waals surface area contributed by atoms with Crippen molar-refractivity contribution < 1.29 is 38.7 Å². The van der Waals surface area contributed by atoms with Gasteiger partial charge >= 0.3 is 12.1 Å². The molecule has 0 heterocycles. The smallest absolute Gasteiger partial charge is 0.408 e. The number of hydrogen-bond donors (Lipinski definition) is 3. The van der Waals surface area contributed by atoms with Crippen LogP contribution < -0.4 is 5.32 Å². The Labute approximate surface area is 212 Å². The predicted octanol–water partition coefficient (Wildman–Crippen LogP) is 3.53. The molecule has 1 unspecified atom stereocenters. The second-order valence-electron chi connectivity index (χ2n) is 9.41. The van der Waals surface area contributed by atoms with Crippen molar-refractivity contribution in [1.29, 1.82) is 0 Å². The Bertz CT molecular complexity index is 914. The Morgan fingerprint density at radius 2 is 1.42 bits per heavy atom. The minimum atomic E-state index is -1.33. The van der Waals surface area contributed by atoms with Gasteiger partial charge in [0.25, 0.3) is 0 Å². The quantitative estimate of drug-likeness (QED) is 0.358. The van der Waals surface area contributed by atoms with Gasteiger partial charge in [0, 0.05) is 0 Å². The number of carbonyl (C=O) groups is 2. The van der Waals surface area contributed by atoms with E-state index in [1.165, 1.54) is 0 Å². The van der Waals surface area contributed by atoms with Gasteiger partial charge in [0.05, 0.1) is 32.5 Å². The Kier molecular flexibility index (Phi) is 11.8. The third kappa shape index (κ3) is 11.2. The topological polar surface area (TPSA) is 124 Å². The lowest BCUT2D eigenvalue weighted by Crippen LogP contribution is -2.47. The summed E-state index contributed by atoms with van der Waals surface area (Å²) in [7, 11) is 0. The number of benzene rings is 2. The van der Waals surface area contributed by atoms with E-state index in [2.05, 4.69) is 5.32 Å². The van der Waals surface area contributed by atoms with Crippen LogP contribution in [0.1, 0.15) is 38.8 Å². The number of aliphatic carboxylic acids is 1. The van der Waals surface area contributed by atoms with Gasteiger partial charge in [-0.05, 0) is 38.8 Å². The van der Waals surface area contributed by atoms with Crippen LogP contribution in [0.25, 0.3) is 0 Å². The molecule has 198 valence electrons. The maximum atomic E-state index is 12.0. The zero-order valence-corrected chi connectivity index (χ0v) is 21.3. The van der Waals surface area contributed by atoms with Gasteiger partial charge in [-0.1, -0.05) is 60.7 Å². The number of carboxylic acid groups (broad SMARTS) is 1. The first-order chi connectivity index (χ1) is 17.0. The van der Waals surface area contributed by atoms with Crippen LogP contribution >= 0.6 is 0 Å². The standard InChI is InChI=1S/C27H37NO8/c1-19(29)24(35-16-21-13-9-6-10-14-21)23(34-15-20-11-7-5-8-12-20)18-33-17-22(25(30)31)28-26(32)36-27(2,3)4/h5-14,19,22-24,29H,15-18H2,1-4H3,(H,28,32)(H,30,31)/t19-,22?,23-,24-/m0/s1. The molecule has 2 aromatic carbocycles. The molecule has 0 bridgehead atoms. The number of alkyl carbamates (subject to hydrolysis) is 1. The van der Waals surface area contributed by atoms with E-state index in [1.54, 1.807) is 27.7 Å². The molecule has 36 heavy (non-hydrogen) atoms. The molecule has 0 saturated heterocycles. The van der Waals surface area contributed by atoms with Gasteiger partial charge < -0.3 is 34.5 Å². The minimum absolute atomic E-state index is 0.0725. The molecule has 9 nitrogen and oxygen atoms in total. The SMILES string of the molecule is C[C@H](O)[C@H](OCc1ccccc1)[C@H](COCC(NC(=O)OC(C)(C)C)C(=O)O)OCc1ccccc1. The first-order valence-corrected chi connectivity index (χ1v) is 11.8. The minimum Gasteiger partial charge on any atom is -0.480 e. The summed E-state index contributed by atoms with van der Waals surface area (Å²) in [4.78, 5) is 23.7. The molecule has 4 atom stereocenters. The molecule has 1 amide bonds. The highest BCUT2D eigenvalue weighted by molar-refractivity contribution is 5.80. The third-order valence-electron chi connectivity index (χ3n) is 4.99. The van der Waals surface area contributed by atoms with Crippen LogP contribution in [0.2, 0.25) is 0 Å². The maximum Gasteiger partial charge on any atom is 0.408 e. The van der Waals surface area contributed by atoms with E-state index in [9.17, 15) is 19.8 Å². The third-order valence-corrected chi connectivity index (χ3v) is 4.99. The number of amides is 1. The number of rotatable bonds is 14. The summed E-state index contributed by atoms with van der Waals surface area (Å²) in [5.41, 5.74) is 1.08. The molecule has 9 heteroatoms. The molecule has 0 spiro atoms. The molecule has 0 fully saturated rings. The molecule has 2 aromatic rings. The van der Waals surface area contributed by atoms with Crippen molar-refractivity contribution in [2.45, 2.75) is 70.9 Å². The lowest BCUT2D eigenvalue weighted by molar-refractivity contribution is -0.153. The Morgan fingerprint density at radius 3 is 1.89 bits per heavy atom. The molecule has 0 aliphatic carbocycles. The molecule has 0 radical (unpaired) electrons. The summed E-state index contributed by atoms with van der Waals surface area (Å²) in [5, 5.41) is 22.2. The van der Waals surface area contributed by atoms with Gasteiger partial charge in [-0.15, -0.1) is 0 Å². The largest absolute Gasteiger partial charge is 0.480 e. The summed E-state index contributed by atoms with van der Waals surface area (Å²) < 4.78 is 22.8. The molecular weight excluding hydrogens is 466 g/mol. The molecule has 0 aromatic heterocycles. The summed E-state index contributed by atoms with van der Waals surface area (Å²) in [6.45, 7) is 6.73. The predicted molar refractivity (Wildman–Crippen MR) is 133 cm³/mol. The zero-order chi connectivity index (χ0) is 26.6. The highest BCUT2D eigenvalue weighted by Gasteiger charge is 2.30. The van der Waals surface area contributed by atoms with Gasteiger partial charge in [-0.3, -0.25) is 0 Å². The number of carbonyl (C=O) groups excluding carboxylic acids is 1. The van der Waals surface area contributed by atoms with E-state index < -0.39 is 42.0 Å². The lowest BCUT2D eigenvalue weighted by Gasteiger charge is -2.30. The van der Waals surface area contributed by atoms with Crippen molar-refractivity contribution in [3.8, 4) is 0 Å². The van der Waals surface area contributed by atoms with Crippen LogP contribution in [0.5, 0.6) is 0 Å². The van der Waals surface area contributed by atoms with Gasteiger partial charge in [-0.2, -0.15) is 0 Å². The first kappa shape index (κ1) is 29.3. The van der Waals surface area contributed by atoms with Crippen molar-refractivity contribution in [1.82, 2.24) is 5.32 Å². The highest BCUT2D eigenvalue weighted by atomic mass is 16.6. The molecule has 3 N–H and O–H groups in total. The van der Waals surface area contributed by atoms with Crippen LogP contribution in [0.4, 0.5) is 4.79 Å². The van der Waals surface area contributed by atoms with Gasteiger partial charge in [0.2, 0.25) is 0 Å². The molecule has 0 aliphatic rings. The van der Waals surface area contributed by atoms with Crippen molar-refractivity contribution in [2.75, 3.05) is 13.2 Å². The average Bonchev–Trinajstić information content (AvgIpc) is 2.81. The lowest BCUT2D eigenvalue weighted by atomic mass is 10.1. The number of aliphatic hydroxyl groups is 1. The van der Waals surface area contributed by atoms with E-state index in [-0.39, 0.29) is 26.4 Å². The summed E-state index contributed by atoms with van der Waals surface area (Å²) in [5.74, 6) is -1.27. The molecule has 2 rings (SSSR count). The monoisotopic (exact) mass is 503 g/mol. The normalized spacial score (nSPS) is 14.9. The Balaban J connectivity index is 2.05. The second-order valence-corrected chi connectivity index (χ2v) is 9.41. The molecule has 0 aliphatic heterocycles. The van der Waals surface area contributed by atoms with Crippen molar-refractivity contribution >= 4 is 12.1 Å². The average molecular weight is 504 g/mol. The maximum absolute atomic E-state index is 12.0. The van der Waals surface area contributed by atoms with Crippen LogP contribution in [0.3, 0.4) is 0 Å². The number of carboxylic acids is 1. The second kappa shape index (κ2) is 14.5. The van der Waals surface area contributed by atoms with Crippen molar-refractivity contribution in [3.05, 3.63) is 71.8 Å². The van der Waals surface area contributed by atoms with Crippen LogP contribution in [0, 0.1) is 0 Å². The summed E-state index contributed by atoms with van der Waals surface area (Å²) in [6.07, 6.45) is -3.22. The summed E-state index contributed by atoms with van der Waals surface area (Å²) in [6, 6.07) is 17.7. The van der Waals surface area contributed by atoms with E-state index in [0.717, 1.165) is 11.1 Å². The van der Waals surface area contributed by atoms with Crippen molar-refractivity contribution in [2.24, 2.45) is 0 Å². The van der Waals surface area contributed by atoms with Crippen LogP contribution in [-0.4, -0.2) is 65.4 Å². The first-order valence-electron chi connectivity index (χ1n) is 11.8. The fraction of sp³-hybridized carbons (Fsp3) is 0.481. The van der Waals surface area contributed by atoms with E-state index in [0.29, 0.717) is 0 Å². The van der Waals surface area contributed by atoms with Crippen LogP contribution in [0.15, 0.2) is 60.7 Å². The van der Waals surface area contributed by atoms with Crippen molar-refractivity contribution in [3.63, 3.8) is 0 Å². The zero-order valence-electron chi connectivity index (χ0n) is 21.3. The molecular formula is C27H37NO8. The highest BCUT2D eigenvalue weighted by Crippen LogP contribution is 2.16. The Morgan fingerprint density at radius 1 is 0.889 bits per heavy atom. The van der Waals surface area contributed by atoms with E-state index in [1.807, 2.05) is 60.7 Å².